The van der Waals surface area contributed by atoms with Gasteiger partial charge in [-0.05, 0) is 24.6 Å². The van der Waals surface area contributed by atoms with Gasteiger partial charge in [0.15, 0.2) is 0 Å². The summed E-state index contributed by atoms with van der Waals surface area (Å²) in [6, 6.07) is 19.6. The van der Waals surface area contributed by atoms with Crippen molar-refractivity contribution in [1.29, 1.82) is 0 Å². The topological polar surface area (TPSA) is 79.8 Å². The predicted octanol–water partition coefficient (Wildman–Crippen LogP) is 4.45. The van der Waals surface area contributed by atoms with Crippen LogP contribution in [0.1, 0.15) is 29.0 Å². The number of anilines is 2. The molecule has 1 amide bonds. The normalized spacial score (nSPS) is 11.8. The van der Waals surface area contributed by atoms with Crippen molar-refractivity contribution < 1.29 is 4.79 Å². The van der Waals surface area contributed by atoms with Crippen LogP contribution in [0.2, 0.25) is 0 Å². The Kier molecular flexibility index (Phi) is 4.93. The first kappa shape index (κ1) is 17.6. The van der Waals surface area contributed by atoms with E-state index in [-0.39, 0.29) is 17.6 Å². The third-order valence-corrected chi connectivity index (χ3v) is 4.43. The molecule has 138 valence electrons. The lowest BCUT2D eigenvalue weighted by Crippen LogP contribution is -2.15. The number of carbonyl (C=O) groups is 1. The summed E-state index contributed by atoms with van der Waals surface area (Å²) in [5.41, 5.74) is 2.77. The van der Waals surface area contributed by atoms with Crippen LogP contribution in [-0.4, -0.2) is 20.9 Å². The summed E-state index contributed by atoms with van der Waals surface area (Å²) in [4.78, 5) is 25.5. The zero-order valence-corrected chi connectivity index (χ0v) is 15.3. The van der Waals surface area contributed by atoms with E-state index in [0.717, 1.165) is 16.5 Å². The summed E-state index contributed by atoms with van der Waals surface area (Å²) in [6.45, 7) is 2.05. The summed E-state index contributed by atoms with van der Waals surface area (Å²) >= 11 is 0. The summed E-state index contributed by atoms with van der Waals surface area (Å²) < 4.78 is 0. The van der Waals surface area contributed by atoms with Crippen LogP contribution in [0, 0.1) is 0 Å². The molecular weight excluding hydrogens is 350 g/mol. The van der Waals surface area contributed by atoms with E-state index in [1.165, 1.54) is 6.20 Å². The molecule has 0 aliphatic rings. The maximum absolute atomic E-state index is 12.6. The quantitative estimate of drug-likeness (QED) is 0.543. The molecule has 0 radical (unpaired) electrons. The fraction of sp³-hybridized carbons (Fsp3) is 0.0909. The molecule has 0 saturated heterocycles. The number of nitrogens with one attached hydrogen (secondary N) is 2. The Bertz CT molecular complexity index is 1090. The van der Waals surface area contributed by atoms with E-state index in [1.54, 1.807) is 12.4 Å². The van der Waals surface area contributed by atoms with Gasteiger partial charge in [-0.1, -0.05) is 48.5 Å². The van der Waals surface area contributed by atoms with Crippen LogP contribution in [0.3, 0.4) is 0 Å². The lowest BCUT2D eigenvalue weighted by molar-refractivity contribution is 0.102. The van der Waals surface area contributed by atoms with Gasteiger partial charge in [-0.25, -0.2) is 9.97 Å². The highest BCUT2D eigenvalue weighted by Gasteiger charge is 2.12. The summed E-state index contributed by atoms with van der Waals surface area (Å²) in [7, 11) is 0. The van der Waals surface area contributed by atoms with Crippen LogP contribution in [0.4, 0.5) is 11.5 Å². The van der Waals surface area contributed by atoms with Gasteiger partial charge < -0.3 is 10.6 Å². The number of benzene rings is 2. The number of aromatic nitrogens is 3. The van der Waals surface area contributed by atoms with Gasteiger partial charge >= 0.3 is 0 Å². The molecule has 0 spiro atoms. The lowest BCUT2D eigenvalue weighted by Gasteiger charge is -2.14. The molecule has 0 saturated carbocycles. The summed E-state index contributed by atoms with van der Waals surface area (Å²) in [6.07, 6.45) is 4.73. The van der Waals surface area contributed by atoms with Gasteiger partial charge in [-0.15, -0.1) is 0 Å². The number of hydrogen-bond acceptors (Lipinski definition) is 5. The van der Waals surface area contributed by atoms with Crippen molar-refractivity contribution in [2.75, 3.05) is 10.6 Å². The zero-order chi connectivity index (χ0) is 19.3. The second-order valence-electron chi connectivity index (χ2n) is 6.40. The molecule has 0 aliphatic heterocycles. The number of pyridine rings is 1. The fourth-order valence-electron chi connectivity index (χ4n) is 2.96. The van der Waals surface area contributed by atoms with Crippen molar-refractivity contribution in [2.24, 2.45) is 0 Å². The molecule has 6 heteroatoms. The van der Waals surface area contributed by atoms with Gasteiger partial charge in [0.2, 0.25) is 0 Å². The van der Waals surface area contributed by atoms with Crippen molar-refractivity contribution in [2.45, 2.75) is 13.0 Å². The number of rotatable bonds is 5. The second kappa shape index (κ2) is 7.84. The van der Waals surface area contributed by atoms with E-state index in [4.69, 9.17) is 0 Å². The Balaban J connectivity index is 1.47. The SMILES string of the molecule is CC(Nc1cnc(C(=O)Nc2cccc3cccnc23)cn1)c1ccccc1. The van der Waals surface area contributed by atoms with E-state index in [1.807, 2.05) is 67.6 Å². The van der Waals surface area contributed by atoms with E-state index in [2.05, 4.69) is 25.6 Å². The predicted molar refractivity (Wildman–Crippen MR) is 110 cm³/mol. The third-order valence-electron chi connectivity index (χ3n) is 4.43. The zero-order valence-electron chi connectivity index (χ0n) is 15.3. The molecule has 6 nitrogen and oxygen atoms in total. The van der Waals surface area contributed by atoms with Crippen LogP contribution in [0.15, 0.2) is 79.3 Å². The van der Waals surface area contributed by atoms with Crippen molar-refractivity contribution in [3.05, 3.63) is 90.5 Å². The molecule has 0 fully saturated rings. The lowest BCUT2D eigenvalue weighted by atomic mass is 10.1. The minimum atomic E-state index is -0.326. The van der Waals surface area contributed by atoms with Crippen molar-refractivity contribution >= 4 is 28.3 Å². The smallest absolute Gasteiger partial charge is 0.275 e. The summed E-state index contributed by atoms with van der Waals surface area (Å²) in [5, 5.41) is 7.10. The van der Waals surface area contributed by atoms with Gasteiger partial charge in [-0.3, -0.25) is 9.78 Å². The Morgan fingerprint density at radius 1 is 0.893 bits per heavy atom. The van der Waals surface area contributed by atoms with Crippen molar-refractivity contribution in [1.82, 2.24) is 15.0 Å². The average Bonchev–Trinajstić information content (AvgIpc) is 2.75. The molecule has 4 rings (SSSR count). The first-order valence-electron chi connectivity index (χ1n) is 8.99. The molecule has 1 unspecified atom stereocenters. The molecule has 0 bridgehead atoms. The van der Waals surface area contributed by atoms with Crippen LogP contribution < -0.4 is 10.6 Å². The molecule has 4 aromatic rings. The van der Waals surface area contributed by atoms with E-state index < -0.39 is 0 Å². The first-order chi connectivity index (χ1) is 13.7. The molecule has 0 aliphatic carbocycles. The highest BCUT2D eigenvalue weighted by Crippen LogP contribution is 2.21. The van der Waals surface area contributed by atoms with Crippen molar-refractivity contribution in [3.63, 3.8) is 0 Å². The van der Waals surface area contributed by atoms with Crippen LogP contribution in [-0.2, 0) is 0 Å². The molecule has 2 aromatic carbocycles. The Morgan fingerprint density at radius 2 is 1.71 bits per heavy atom. The minimum absolute atomic E-state index is 0.0805. The van der Waals surface area contributed by atoms with E-state index in [0.29, 0.717) is 11.5 Å². The van der Waals surface area contributed by atoms with E-state index in [9.17, 15) is 4.79 Å². The highest BCUT2D eigenvalue weighted by atomic mass is 16.1. The third kappa shape index (κ3) is 3.81. The molecule has 2 N–H and O–H groups in total. The number of fused-ring (bicyclic) bond motifs is 1. The Labute approximate surface area is 162 Å². The maximum atomic E-state index is 12.6. The molecule has 1 atom stereocenters. The maximum Gasteiger partial charge on any atom is 0.275 e. The second-order valence-corrected chi connectivity index (χ2v) is 6.40. The summed E-state index contributed by atoms with van der Waals surface area (Å²) in [5.74, 6) is 0.285. The Morgan fingerprint density at radius 3 is 2.50 bits per heavy atom. The molecule has 2 heterocycles. The van der Waals surface area contributed by atoms with Crippen LogP contribution in [0.25, 0.3) is 10.9 Å². The number of hydrogen-bond donors (Lipinski definition) is 2. The minimum Gasteiger partial charge on any atom is -0.362 e. The standard InChI is InChI=1S/C22H19N5O/c1-15(16-7-3-2-4-8-16)26-20-14-24-19(13-25-20)22(28)27-18-11-5-9-17-10-6-12-23-21(17)18/h2-15H,1H3,(H,25,26)(H,27,28). The van der Waals surface area contributed by atoms with Crippen LogP contribution in [0.5, 0.6) is 0 Å². The van der Waals surface area contributed by atoms with Crippen LogP contribution >= 0.6 is 0 Å². The molecular formula is C22H19N5O. The van der Waals surface area contributed by atoms with Gasteiger partial charge in [0.05, 0.1) is 23.6 Å². The number of para-hydroxylation sites is 1. The Hall–Kier alpha value is -3.80. The average molecular weight is 369 g/mol. The van der Waals surface area contributed by atoms with Gasteiger partial charge in [-0.2, -0.15) is 0 Å². The number of nitrogens with zero attached hydrogens (tertiary/aromatic N) is 3. The number of carbonyl (C=O) groups excluding carboxylic acids is 1. The van der Waals surface area contributed by atoms with Crippen molar-refractivity contribution in [3.8, 4) is 0 Å². The van der Waals surface area contributed by atoms with Gasteiger partial charge in [0.25, 0.3) is 5.91 Å². The number of amides is 1. The first-order valence-corrected chi connectivity index (χ1v) is 8.99. The van der Waals surface area contributed by atoms with E-state index >= 15 is 0 Å². The highest BCUT2D eigenvalue weighted by molar-refractivity contribution is 6.07. The monoisotopic (exact) mass is 369 g/mol. The van der Waals surface area contributed by atoms with Gasteiger partial charge in [0.1, 0.15) is 11.5 Å². The molecule has 2 aromatic heterocycles. The largest absolute Gasteiger partial charge is 0.362 e. The molecule has 28 heavy (non-hydrogen) atoms. The van der Waals surface area contributed by atoms with Gasteiger partial charge in [0, 0.05) is 17.6 Å². The fourth-order valence-corrected chi connectivity index (χ4v) is 2.96.